The molecule has 290 valence electrons. The van der Waals surface area contributed by atoms with E-state index in [1.54, 1.807) is 12.1 Å². The Bertz CT molecular complexity index is 2060. The average molecular weight is 747 g/mol. The summed E-state index contributed by atoms with van der Waals surface area (Å²) in [6.07, 6.45) is 5.85. The van der Waals surface area contributed by atoms with Gasteiger partial charge in [-0.25, -0.2) is 0 Å². The molecule has 0 amide bonds. The van der Waals surface area contributed by atoms with E-state index in [1.807, 2.05) is 31.3 Å². The number of carbonyl (C=O) groups excluding carboxylic acids is 1. The monoisotopic (exact) mass is 746 g/mol. The highest BCUT2D eigenvalue weighted by molar-refractivity contribution is 5.81. The van der Waals surface area contributed by atoms with Gasteiger partial charge in [0.15, 0.2) is 23.0 Å². The number of methoxy groups -OCH3 is 1. The molecule has 3 aromatic rings. The van der Waals surface area contributed by atoms with Gasteiger partial charge in [0.05, 0.1) is 19.3 Å². The number of carbonyl (C=O) groups is 1. The maximum absolute atomic E-state index is 14.8. The third-order valence-electron chi connectivity index (χ3n) is 15.3. The van der Waals surface area contributed by atoms with Crippen LogP contribution in [0.1, 0.15) is 91.0 Å². The number of hydrogen-bond donors (Lipinski definition) is 7. The molecule has 3 saturated carbocycles. The summed E-state index contributed by atoms with van der Waals surface area (Å²) in [5, 5.41) is 64.5. The molecule has 11 atom stereocenters. The molecule has 4 bridgehead atoms. The molecule has 0 radical (unpaired) electrons. The van der Waals surface area contributed by atoms with Gasteiger partial charge in [0.1, 0.15) is 5.78 Å². The molecule has 0 aromatic heterocycles. The summed E-state index contributed by atoms with van der Waals surface area (Å²) >= 11 is 0. The summed E-state index contributed by atoms with van der Waals surface area (Å²) in [4.78, 5) is 14.8. The number of nitrogens with one attached hydrogen (secondary N) is 2. The molecule has 7 N–H and O–H groups in total. The fourth-order valence-corrected chi connectivity index (χ4v) is 13.4. The summed E-state index contributed by atoms with van der Waals surface area (Å²) in [5.41, 5.74) is 2.10. The number of benzene rings is 3. The molecule has 6 aliphatic rings. The number of Topliss-reactive ketones (excluding diaryl/α,β-unsaturated/α-hetero) is 1. The van der Waals surface area contributed by atoms with Crippen LogP contribution in [0, 0.1) is 47.3 Å². The van der Waals surface area contributed by atoms with Crippen LogP contribution in [0.15, 0.2) is 54.6 Å². The number of rotatable bonds is 7. The van der Waals surface area contributed by atoms with Crippen LogP contribution in [0.3, 0.4) is 0 Å². The smallest absolute Gasteiger partial charge is 0.160 e. The molecular weight excluding hydrogens is 693 g/mol. The van der Waals surface area contributed by atoms with Crippen LogP contribution in [0.5, 0.6) is 23.0 Å². The minimum atomic E-state index is -1.35. The van der Waals surface area contributed by atoms with Crippen LogP contribution in [0.25, 0.3) is 0 Å². The zero-order valence-electron chi connectivity index (χ0n) is 31.9. The van der Waals surface area contributed by atoms with Crippen LogP contribution >= 0.6 is 0 Å². The largest absolute Gasteiger partial charge is 0.504 e. The lowest BCUT2D eigenvalue weighted by Gasteiger charge is -2.75. The molecule has 9 rings (SSSR count). The molecule has 1 aliphatic heterocycles. The summed E-state index contributed by atoms with van der Waals surface area (Å²) in [5.74, 6) is 7.19. The van der Waals surface area contributed by atoms with E-state index < -0.39 is 16.9 Å². The first-order chi connectivity index (χ1) is 26.6. The Hall–Kier alpha value is -4.07. The first-order valence-corrected chi connectivity index (χ1v) is 20.3. The number of aliphatic hydroxyl groups is 2. The Morgan fingerprint density at radius 1 is 0.945 bits per heavy atom. The molecule has 1 saturated heterocycles. The summed E-state index contributed by atoms with van der Waals surface area (Å²) < 4.78 is 5.53. The summed E-state index contributed by atoms with van der Waals surface area (Å²) in [6.45, 7) is 1.12. The molecule has 1 spiro atoms. The fraction of sp³-hybridized carbons (Fsp3) is 0.543. The van der Waals surface area contributed by atoms with Gasteiger partial charge in [-0.3, -0.25) is 4.79 Å². The van der Waals surface area contributed by atoms with E-state index in [0.29, 0.717) is 48.8 Å². The third kappa shape index (κ3) is 5.46. The number of phenols is 3. The lowest BCUT2D eigenvalue weighted by atomic mass is 9.32. The van der Waals surface area contributed by atoms with Gasteiger partial charge in [-0.05, 0) is 134 Å². The third-order valence-corrected chi connectivity index (χ3v) is 15.3. The quantitative estimate of drug-likeness (QED) is 0.125. The van der Waals surface area contributed by atoms with Gasteiger partial charge < -0.3 is 40.9 Å². The standard InChI is InChI=1S/C46H54N2O7/c1-47-23-30-15-28-10-11-45-13-12-44(54)22-32(50)17-33(35-20-42(55-2)41(53)16-31(35)25-49)27(14-26-6-4-3-5-7-26)8-9-29(24-48-45)43(44)46(45)37(28)18-34(30)36-19-39(51)40(52)21-38(36)46/h3-7,16,19-21,27-30,33-34,37,43,47-49,51-54H,10-15,17-18,22-25H2,1-2H3. The number of aliphatic hydroxyl groups excluding tert-OH is 1. The van der Waals surface area contributed by atoms with Gasteiger partial charge >= 0.3 is 0 Å². The van der Waals surface area contributed by atoms with E-state index in [1.165, 1.54) is 13.2 Å². The van der Waals surface area contributed by atoms with Gasteiger partial charge in [-0.1, -0.05) is 42.2 Å². The van der Waals surface area contributed by atoms with Crippen molar-refractivity contribution in [1.29, 1.82) is 0 Å². The van der Waals surface area contributed by atoms with Crippen molar-refractivity contribution in [3.8, 4) is 34.8 Å². The number of hydrogen-bond acceptors (Lipinski definition) is 9. The lowest BCUT2D eigenvalue weighted by Crippen LogP contribution is -2.82. The van der Waals surface area contributed by atoms with Gasteiger partial charge in [0.25, 0.3) is 0 Å². The van der Waals surface area contributed by atoms with Crippen LogP contribution in [-0.2, 0) is 23.2 Å². The van der Waals surface area contributed by atoms with E-state index >= 15 is 0 Å². The molecule has 1 heterocycles. The number of piperidine rings is 1. The van der Waals surface area contributed by atoms with Crippen molar-refractivity contribution < 1.29 is 35.1 Å². The Morgan fingerprint density at radius 2 is 1.75 bits per heavy atom. The predicted molar refractivity (Wildman–Crippen MR) is 208 cm³/mol. The lowest BCUT2D eigenvalue weighted by molar-refractivity contribution is -0.210. The maximum Gasteiger partial charge on any atom is 0.160 e. The Morgan fingerprint density at radius 3 is 2.51 bits per heavy atom. The van der Waals surface area contributed by atoms with Gasteiger partial charge in [-0.2, -0.15) is 0 Å². The number of ketones is 1. The summed E-state index contributed by atoms with van der Waals surface area (Å²) in [7, 11) is 3.49. The van der Waals surface area contributed by atoms with Crippen molar-refractivity contribution >= 4 is 5.78 Å². The Labute approximate surface area is 323 Å². The zero-order valence-corrected chi connectivity index (χ0v) is 31.9. The van der Waals surface area contributed by atoms with E-state index in [2.05, 4.69) is 34.6 Å². The molecule has 4 fully saturated rings. The van der Waals surface area contributed by atoms with Crippen molar-refractivity contribution in [2.75, 3.05) is 27.2 Å². The maximum atomic E-state index is 14.8. The SMILES string of the molecule is CNCC1CC2CCC34CCC5(O)CC(=O)CC(c6cc(OC)c(O)cc6CO)C(Cc6ccccc6)C#CC(CN3)C5C43c4cc(O)c(O)cc4C1CC23. The number of phenolic OH excluding ortho intramolecular Hbond substituents is 3. The van der Waals surface area contributed by atoms with Crippen LogP contribution in [0.4, 0.5) is 0 Å². The van der Waals surface area contributed by atoms with E-state index in [-0.39, 0.29) is 83.4 Å². The van der Waals surface area contributed by atoms with Crippen molar-refractivity contribution in [2.45, 2.75) is 92.8 Å². The van der Waals surface area contributed by atoms with Crippen molar-refractivity contribution in [3.63, 3.8) is 0 Å². The van der Waals surface area contributed by atoms with E-state index in [9.17, 15) is 30.3 Å². The zero-order chi connectivity index (χ0) is 38.3. The average Bonchev–Trinajstić information content (AvgIpc) is 3.18. The molecular formula is C46H54N2O7. The second-order valence-electron chi connectivity index (χ2n) is 17.7. The molecule has 55 heavy (non-hydrogen) atoms. The highest BCUT2D eigenvalue weighted by atomic mass is 16.5. The number of aromatic hydroxyl groups is 3. The van der Waals surface area contributed by atoms with Crippen molar-refractivity contribution in [2.24, 2.45) is 35.5 Å². The highest BCUT2D eigenvalue weighted by Crippen LogP contribution is 2.73. The fourth-order valence-electron chi connectivity index (χ4n) is 13.4. The molecule has 5 aliphatic carbocycles. The highest BCUT2D eigenvalue weighted by Gasteiger charge is 2.75. The molecule has 9 nitrogen and oxygen atoms in total. The van der Waals surface area contributed by atoms with Crippen LogP contribution < -0.4 is 15.4 Å². The molecule has 9 heteroatoms. The van der Waals surface area contributed by atoms with Crippen LogP contribution in [-0.4, -0.2) is 69.7 Å². The van der Waals surface area contributed by atoms with Crippen molar-refractivity contribution in [3.05, 3.63) is 82.4 Å². The van der Waals surface area contributed by atoms with E-state index in [4.69, 9.17) is 4.74 Å². The van der Waals surface area contributed by atoms with Crippen molar-refractivity contribution in [1.82, 2.24) is 10.6 Å². The minimum Gasteiger partial charge on any atom is -0.504 e. The molecule has 3 aromatic carbocycles. The first kappa shape index (κ1) is 36.6. The topological polar surface area (TPSA) is 152 Å². The van der Waals surface area contributed by atoms with E-state index in [0.717, 1.165) is 48.9 Å². The predicted octanol–water partition coefficient (Wildman–Crippen LogP) is 5.40. The second-order valence-corrected chi connectivity index (χ2v) is 17.7. The first-order valence-electron chi connectivity index (χ1n) is 20.3. The molecule has 11 unspecified atom stereocenters. The number of fused-ring (bicyclic) bond motifs is 3. The number of ether oxygens (including phenoxy) is 1. The van der Waals surface area contributed by atoms with Gasteiger partial charge in [0.2, 0.25) is 0 Å². The summed E-state index contributed by atoms with van der Waals surface area (Å²) in [6, 6.07) is 17.0. The Kier molecular flexibility index (Phi) is 9.01. The normalized spacial score (nSPS) is 37.1. The van der Waals surface area contributed by atoms with Crippen LogP contribution in [0.2, 0.25) is 0 Å². The van der Waals surface area contributed by atoms with Gasteiger partial charge in [0, 0.05) is 54.0 Å². The Balaban J connectivity index is 1.25. The van der Waals surface area contributed by atoms with Gasteiger partial charge in [-0.15, -0.1) is 0 Å². The second kappa shape index (κ2) is 13.5. The minimum absolute atomic E-state index is 0.0193.